The number of carbonyl (C=O) groups is 2. The minimum Gasteiger partial charge on any atom is -0.350 e. The van der Waals surface area contributed by atoms with Gasteiger partial charge in [0.05, 0.1) is 29.7 Å². The number of halogens is 4. The van der Waals surface area contributed by atoms with Crippen molar-refractivity contribution in [3.8, 4) is 0 Å². The first-order valence-corrected chi connectivity index (χ1v) is 8.92. The van der Waals surface area contributed by atoms with Crippen LogP contribution in [-0.2, 0) is 24.2 Å². The number of carbonyl (C=O) groups excluding carboxylic acids is 2. The van der Waals surface area contributed by atoms with E-state index in [2.05, 4.69) is 10.5 Å². The summed E-state index contributed by atoms with van der Waals surface area (Å²) in [4.78, 5) is 26.3. The number of nitrogens with one attached hydrogen (secondary N) is 1. The predicted octanol–water partition coefficient (Wildman–Crippen LogP) is 2.98. The van der Waals surface area contributed by atoms with Crippen molar-refractivity contribution in [3.63, 3.8) is 0 Å². The molecule has 0 radical (unpaired) electrons. The lowest BCUT2D eigenvalue weighted by molar-refractivity contribution is -0.131. The van der Waals surface area contributed by atoms with E-state index in [0.717, 1.165) is 0 Å². The second-order valence-electron chi connectivity index (χ2n) is 6.52. The number of hydrogen-bond acceptors (Lipinski definition) is 4. The van der Waals surface area contributed by atoms with Crippen molar-refractivity contribution in [2.75, 3.05) is 6.54 Å². The van der Waals surface area contributed by atoms with Gasteiger partial charge < -0.3 is 14.7 Å². The minimum absolute atomic E-state index is 0.00452. The molecule has 1 N–H and O–H groups in total. The Morgan fingerprint density at radius 3 is 2.82 bits per heavy atom. The maximum absolute atomic E-state index is 13.3. The van der Waals surface area contributed by atoms with E-state index in [4.69, 9.17) is 16.1 Å². The molecule has 0 unspecified atom stereocenters. The van der Waals surface area contributed by atoms with Gasteiger partial charge in [0.1, 0.15) is 5.82 Å². The van der Waals surface area contributed by atoms with Crippen molar-refractivity contribution in [2.45, 2.75) is 38.8 Å². The van der Waals surface area contributed by atoms with Crippen LogP contribution in [0.15, 0.2) is 22.7 Å². The molecule has 1 aliphatic heterocycles. The van der Waals surface area contributed by atoms with Gasteiger partial charge in [-0.2, -0.15) is 0 Å². The molecule has 0 bridgehead atoms. The van der Waals surface area contributed by atoms with Crippen LogP contribution in [0.3, 0.4) is 0 Å². The van der Waals surface area contributed by atoms with Gasteiger partial charge in [-0.15, -0.1) is 0 Å². The maximum atomic E-state index is 13.3. The summed E-state index contributed by atoms with van der Waals surface area (Å²) in [6.45, 7) is 1.61. The van der Waals surface area contributed by atoms with E-state index in [9.17, 15) is 22.8 Å². The van der Waals surface area contributed by atoms with Crippen molar-refractivity contribution >= 4 is 23.4 Å². The van der Waals surface area contributed by atoms with E-state index in [1.54, 1.807) is 0 Å². The zero-order chi connectivity index (χ0) is 20.4. The van der Waals surface area contributed by atoms with Gasteiger partial charge in [-0.05, 0) is 24.6 Å². The third-order valence-corrected chi connectivity index (χ3v) is 4.76. The lowest BCUT2D eigenvalue weighted by Crippen LogP contribution is -2.40. The molecule has 0 aliphatic carbocycles. The quantitative estimate of drug-likeness (QED) is 0.814. The SMILES string of the molecule is C[C@@H](NC(=O)c1onc2c1CN(C(=O)Cc1ccc(F)c(Cl)c1)CC2)C(F)F. The molecule has 2 amide bonds. The Balaban J connectivity index is 1.71. The van der Waals surface area contributed by atoms with Gasteiger partial charge in [-0.25, -0.2) is 13.2 Å². The van der Waals surface area contributed by atoms with Crippen LogP contribution in [0.2, 0.25) is 5.02 Å². The molecule has 6 nitrogen and oxygen atoms in total. The second-order valence-corrected chi connectivity index (χ2v) is 6.93. The molecule has 150 valence electrons. The topological polar surface area (TPSA) is 75.4 Å². The van der Waals surface area contributed by atoms with Crippen LogP contribution in [-0.4, -0.2) is 40.9 Å². The molecule has 2 aromatic rings. The molecule has 28 heavy (non-hydrogen) atoms. The number of benzene rings is 1. The largest absolute Gasteiger partial charge is 0.350 e. The fourth-order valence-corrected chi connectivity index (χ4v) is 3.08. The summed E-state index contributed by atoms with van der Waals surface area (Å²) in [7, 11) is 0. The van der Waals surface area contributed by atoms with Crippen LogP contribution >= 0.6 is 11.6 Å². The van der Waals surface area contributed by atoms with Crippen molar-refractivity contribution in [3.05, 3.63) is 51.6 Å². The van der Waals surface area contributed by atoms with Crippen molar-refractivity contribution in [2.24, 2.45) is 0 Å². The molecule has 0 fully saturated rings. The number of amides is 2. The van der Waals surface area contributed by atoms with E-state index in [1.807, 2.05) is 0 Å². The molecule has 2 heterocycles. The molecule has 0 spiro atoms. The Bertz CT molecular complexity index is 903. The molecule has 1 aromatic carbocycles. The molecule has 10 heteroatoms. The lowest BCUT2D eigenvalue weighted by atomic mass is 10.0. The number of alkyl halides is 2. The third-order valence-electron chi connectivity index (χ3n) is 4.47. The molecule has 1 aromatic heterocycles. The fourth-order valence-electron chi connectivity index (χ4n) is 2.88. The number of rotatable bonds is 5. The van der Waals surface area contributed by atoms with Gasteiger partial charge in [0.25, 0.3) is 12.3 Å². The molecular weight excluding hydrogens is 399 g/mol. The fraction of sp³-hybridized carbons (Fsp3) is 0.389. The molecule has 3 rings (SSSR count). The summed E-state index contributed by atoms with van der Waals surface area (Å²) in [5.74, 6) is -1.80. The van der Waals surface area contributed by atoms with Gasteiger partial charge in [-0.1, -0.05) is 22.8 Å². The number of fused-ring (bicyclic) bond motifs is 1. The highest BCUT2D eigenvalue weighted by molar-refractivity contribution is 6.30. The van der Waals surface area contributed by atoms with Gasteiger partial charge in [0, 0.05) is 18.5 Å². The van der Waals surface area contributed by atoms with Crippen molar-refractivity contribution < 1.29 is 27.3 Å². The van der Waals surface area contributed by atoms with Gasteiger partial charge >= 0.3 is 0 Å². The van der Waals surface area contributed by atoms with Gasteiger partial charge in [-0.3, -0.25) is 9.59 Å². The first kappa shape index (κ1) is 20.2. The van der Waals surface area contributed by atoms with Crippen LogP contribution in [0.4, 0.5) is 13.2 Å². The van der Waals surface area contributed by atoms with E-state index in [0.29, 0.717) is 29.8 Å². The summed E-state index contributed by atoms with van der Waals surface area (Å²) in [5, 5.41) is 5.89. The number of aromatic nitrogens is 1. The molecule has 1 aliphatic rings. The Hall–Kier alpha value is -2.55. The number of nitrogens with zero attached hydrogens (tertiary/aromatic N) is 2. The average molecular weight is 416 g/mol. The normalized spacial score (nSPS) is 14.7. The van der Waals surface area contributed by atoms with Crippen LogP contribution in [0.5, 0.6) is 0 Å². The first-order chi connectivity index (χ1) is 13.3. The molecule has 0 saturated heterocycles. The third kappa shape index (κ3) is 4.30. The lowest BCUT2D eigenvalue weighted by Gasteiger charge is -2.26. The minimum atomic E-state index is -2.72. The zero-order valence-corrected chi connectivity index (χ0v) is 15.6. The Labute approximate surface area is 163 Å². The Kier molecular flexibility index (Phi) is 5.93. The first-order valence-electron chi connectivity index (χ1n) is 8.54. The van der Waals surface area contributed by atoms with E-state index < -0.39 is 24.2 Å². The van der Waals surface area contributed by atoms with E-state index in [1.165, 1.54) is 30.0 Å². The maximum Gasteiger partial charge on any atom is 0.290 e. The molecular formula is C18H17ClF3N3O3. The van der Waals surface area contributed by atoms with Gasteiger partial charge in [0.15, 0.2) is 0 Å². The van der Waals surface area contributed by atoms with Crippen molar-refractivity contribution in [1.29, 1.82) is 0 Å². The van der Waals surface area contributed by atoms with Crippen molar-refractivity contribution in [1.82, 2.24) is 15.4 Å². The Morgan fingerprint density at radius 1 is 1.39 bits per heavy atom. The number of hydrogen-bond donors (Lipinski definition) is 1. The monoisotopic (exact) mass is 415 g/mol. The van der Waals surface area contributed by atoms with Crippen LogP contribution in [0, 0.1) is 5.82 Å². The Morgan fingerprint density at radius 2 is 2.14 bits per heavy atom. The molecule has 1 atom stereocenters. The predicted molar refractivity (Wildman–Crippen MR) is 93.7 cm³/mol. The second kappa shape index (κ2) is 8.22. The zero-order valence-electron chi connectivity index (χ0n) is 14.8. The summed E-state index contributed by atoms with van der Waals surface area (Å²) < 4.78 is 43.6. The molecule has 0 saturated carbocycles. The smallest absolute Gasteiger partial charge is 0.290 e. The van der Waals surface area contributed by atoms with Gasteiger partial charge in [0.2, 0.25) is 11.7 Å². The van der Waals surface area contributed by atoms with Crippen LogP contribution in [0.25, 0.3) is 0 Å². The average Bonchev–Trinajstić information content (AvgIpc) is 3.07. The highest BCUT2D eigenvalue weighted by atomic mass is 35.5. The highest BCUT2D eigenvalue weighted by Gasteiger charge is 2.31. The summed E-state index contributed by atoms with van der Waals surface area (Å²) >= 11 is 5.74. The van der Waals surface area contributed by atoms with Crippen LogP contribution < -0.4 is 5.32 Å². The van der Waals surface area contributed by atoms with E-state index >= 15 is 0 Å². The summed E-state index contributed by atoms with van der Waals surface area (Å²) in [6.07, 6.45) is -2.35. The standard InChI is InChI=1S/C18H17ClF3N3O3/c1-9(17(21)22)23-18(27)16-11-8-25(5-4-14(11)24-28-16)15(26)7-10-2-3-13(20)12(19)6-10/h2-3,6,9,17H,4-5,7-8H2,1H3,(H,23,27)/t9-/m1/s1. The summed E-state index contributed by atoms with van der Waals surface area (Å²) in [5.41, 5.74) is 1.47. The highest BCUT2D eigenvalue weighted by Crippen LogP contribution is 2.24. The van der Waals surface area contributed by atoms with Crippen LogP contribution in [0.1, 0.15) is 34.3 Å². The van der Waals surface area contributed by atoms with E-state index in [-0.39, 0.29) is 29.7 Å². The summed E-state index contributed by atoms with van der Waals surface area (Å²) in [6, 6.07) is 2.69.